The summed E-state index contributed by atoms with van der Waals surface area (Å²) in [5.41, 5.74) is 0.00436. The number of aliphatic hydroxyl groups is 2. The Morgan fingerprint density at radius 3 is 2.56 bits per heavy atom. The van der Waals surface area contributed by atoms with Gasteiger partial charge in [-0.15, -0.1) is 0 Å². The van der Waals surface area contributed by atoms with Crippen molar-refractivity contribution in [3.8, 4) is 0 Å². The van der Waals surface area contributed by atoms with E-state index in [0.717, 1.165) is 44.9 Å². The maximum Gasteiger partial charge on any atom is 0.306 e. The number of esters is 1. The Labute approximate surface area is 193 Å². The predicted octanol–water partition coefficient (Wildman–Crippen LogP) is 4.30. The van der Waals surface area contributed by atoms with Crippen molar-refractivity contribution in [3.05, 3.63) is 12.7 Å². The van der Waals surface area contributed by atoms with E-state index in [4.69, 9.17) is 4.74 Å². The monoisotopic (exact) mass is 446 g/mol. The van der Waals surface area contributed by atoms with Crippen molar-refractivity contribution in [1.82, 2.24) is 0 Å². The Bertz CT molecular complexity index is 748. The average Bonchev–Trinajstić information content (AvgIpc) is 3.12. The van der Waals surface area contributed by atoms with Gasteiger partial charge in [-0.2, -0.15) is 0 Å². The van der Waals surface area contributed by atoms with Crippen molar-refractivity contribution in [2.75, 3.05) is 6.61 Å². The lowest BCUT2D eigenvalue weighted by Gasteiger charge is -2.61. The van der Waals surface area contributed by atoms with Crippen LogP contribution in [0.4, 0.5) is 0 Å². The van der Waals surface area contributed by atoms with Crippen molar-refractivity contribution in [2.45, 2.75) is 90.8 Å². The molecule has 1 unspecified atom stereocenters. The van der Waals surface area contributed by atoms with Gasteiger partial charge in [0.05, 0.1) is 6.10 Å². The van der Waals surface area contributed by atoms with Gasteiger partial charge in [0.15, 0.2) is 5.78 Å². The van der Waals surface area contributed by atoms with Crippen LogP contribution >= 0.6 is 0 Å². The molecule has 5 nitrogen and oxygen atoms in total. The van der Waals surface area contributed by atoms with Gasteiger partial charge < -0.3 is 14.9 Å². The lowest BCUT2D eigenvalue weighted by atomic mass is 9.43. The predicted molar refractivity (Wildman–Crippen MR) is 123 cm³/mol. The standard InChI is InChI=1S/C27H42O5/c1-5-14-32-22(29)9-6-16(2)18-7-8-19-23-20(11-13-26(18,19)3)27(4)12-10-17(28)15-21(27)24(30)25(23)31/h5,16-21,23,25,28,31H,1,6-15H2,2-4H3/t16-,17-,18-,19+,20+,21?,23+,25+,26-,27-/m1/s1. The zero-order valence-electron chi connectivity index (χ0n) is 20.1. The highest BCUT2D eigenvalue weighted by Crippen LogP contribution is 2.67. The molecule has 0 aliphatic heterocycles. The molecular formula is C27H42O5. The van der Waals surface area contributed by atoms with Gasteiger partial charge in [0.1, 0.15) is 12.7 Å². The van der Waals surface area contributed by atoms with Crippen LogP contribution in [0.2, 0.25) is 0 Å². The third-order valence-electron chi connectivity index (χ3n) is 10.4. The van der Waals surface area contributed by atoms with Gasteiger partial charge in [-0.05, 0) is 91.8 Å². The van der Waals surface area contributed by atoms with E-state index >= 15 is 0 Å². The molecule has 4 saturated carbocycles. The third kappa shape index (κ3) is 3.77. The van der Waals surface area contributed by atoms with Crippen LogP contribution in [0.25, 0.3) is 0 Å². The van der Waals surface area contributed by atoms with Gasteiger partial charge in [0.2, 0.25) is 0 Å². The van der Waals surface area contributed by atoms with Crippen molar-refractivity contribution in [3.63, 3.8) is 0 Å². The number of ketones is 1. The molecule has 180 valence electrons. The van der Waals surface area contributed by atoms with E-state index in [9.17, 15) is 19.8 Å². The van der Waals surface area contributed by atoms with Crippen LogP contribution in [0, 0.1) is 46.3 Å². The number of carbonyl (C=O) groups is 2. The summed E-state index contributed by atoms with van der Waals surface area (Å²) in [7, 11) is 0. The molecule has 0 aromatic carbocycles. The van der Waals surface area contributed by atoms with Crippen molar-refractivity contribution >= 4 is 11.8 Å². The molecule has 10 atom stereocenters. The molecule has 0 saturated heterocycles. The van der Waals surface area contributed by atoms with Crippen LogP contribution in [0.3, 0.4) is 0 Å². The lowest BCUT2D eigenvalue weighted by molar-refractivity contribution is -0.184. The molecule has 4 aliphatic rings. The Morgan fingerprint density at radius 2 is 1.84 bits per heavy atom. The summed E-state index contributed by atoms with van der Waals surface area (Å²) < 4.78 is 5.16. The Balaban J connectivity index is 1.51. The van der Waals surface area contributed by atoms with Gasteiger partial charge >= 0.3 is 5.97 Å². The van der Waals surface area contributed by atoms with Gasteiger partial charge in [-0.1, -0.05) is 33.4 Å². The maximum absolute atomic E-state index is 13.3. The average molecular weight is 447 g/mol. The van der Waals surface area contributed by atoms with Gasteiger partial charge in [0.25, 0.3) is 0 Å². The maximum atomic E-state index is 13.3. The topological polar surface area (TPSA) is 83.8 Å². The van der Waals surface area contributed by atoms with Crippen LogP contribution in [-0.4, -0.2) is 40.8 Å². The van der Waals surface area contributed by atoms with Crippen LogP contribution in [0.1, 0.15) is 78.6 Å². The molecule has 2 N–H and O–H groups in total. The molecule has 4 fully saturated rings. The van der Waals surface area contributed by atoms with Crippen molar-refractivity contribution in [2.24, 2.45) is 46.3 Å². The number of aliphatic hydroxyl groups excluding tert-OH is 2. The smallest absolute Gasteiger partial charge is 0.306 e. The van der Waals surface area contributed by atoms with Crippen molar-refractivity contribution < 1.29 is 24.5 Å². The van der Waals surface area contributed by atoms with Crippen LogP contribution in [-0.2, 0) is 14.3 Å². The van der Waals surface area contributed by atoms with E-state index in [-0.39, 0.29) is 41.0 Å². The van der Waals surface area contributed by atoms with Gasteiger partial charge in [-0.3, -0.25) is 9.59 Å². The van der Waals surface area contributed by atoms with E-state index in [1.807, 2.05) is 0 Å². The highest BCUT2D eigenvalue weighted by atomic mass is 16.5. The summed E-state index contributed by atoms with van der Waals surface area (Å²) in [5.74, 6) is 1.27. The normalized spacial score (nSPS) is 46.5. The highest BCUT2D eigenvalue weighted by molar-refractivity contribution is 5.87. The molecular weight excluding hydrogens is 404 g/mol. The second kappa shape index (κ2) is 8.87. The summed E-state index contributed by atoms with van der Waals surface area (Å²) in [4.78, 5) is 25.3. The quantitative estimate of drug-likeness (QED) is 0.469. The number of Topliss-reactive ketones (excluding diaryl/α,β-unsaturated/α-hetero) is 1. The number of rotatable bonds is 6. The summed E-state index contributed by atoms with van der Waals surface area (Å²) in [5, 5.41) is 21.5. The number of fused-ring (bicyclic) bond motifs is 5. The number of hydrogen-bond donors (Lipinski definition) is 2. The first-order chi connectivity index (χ1) is 15.1. The largest absolute Gasteiger partial charge is 0.461 e. The fourth-order valence-corrected chi connectivity index (χ4v) is 8.74. The van der Waals surface area contributed by atoms with E-state index in [2.05, 4.69) is 27.4 Å². The van der Waals surface area contributed by atoms with E-state index in [1.165, 1.54) is 0 Å². The SMILES string of the molecule is C=CCOC(=O)CC[C@@H](C)[C@H]1CC[C@H]2[C@@H]3[C@H](O)C(=O)C4C[C@H](O)CC[C@]4(C)[C@H]3CC[C@]12C. The number of ether oxygens (including phenoxy) is 1. The van der Waals surface area contributed by atoms with Crippen molar-refractivity contribution in [1.29, 1.82) is 0 Å². The molecule has 0 radical (unpaired) electrons. The lowest BCUT2D eigenvalue weighted by Crippen LogP contribution is -2.62. The minimum Gasteiger partial charge on any atom is -0.461 e. The molecule has 0 spiro atoms. The molecule has 0 amide bonds. The Morgan fingerprint density at radius 1 is 1.16 bits per heavy atom. The van der Waals surface area contributed by atoms with E-state index in [1.54, 1.807) is 6.08 Å². The molecule has 0 heterocycles. The Hall–Kier alpha value is -1.20. The third-order valence-corrected chi connectivity index (χ3v) is 10.4. The molecule has 32 heavy (non-hydrogen) atoms. The molecule has 0 bridgehead atoms. The highest BCUT2D eigenvalue weighted by Gasteiger charge is 2.65. The number of carbonyl (C=O) groups excluding carboxylic acids is 2. The van der Waals surface area contributed by atoms with Crippen LogP contribution in [0.15, 0.2) is 12.7 Å². The fourth-order valence-electron chi connectivity index (χ4n) is 8.74. The molecule has 0 aromatic heterocycles. The molecule has 5 heteroatoms. The fraction of sp³-hybridized carbons (Fsp3) is 0.852. The van der Waals surface area contributed by atoms with Crippen LogP contribution in [0.5, 0.6) is 0 Å². The summed E-state index contributed by atoms with van der Waals surface area (Å²) in [6.45, 7) is 10.8. The second-order valence-corrected chi connectivity index (χ2v) is 11.8. The summed E-state index contributed by atoms with van der Waals surface area (Å²) >= 11 is 0. The molecule has 4 aliphatic carbocycles. The first-order valence-corrected chi connectivity index (χ1v) is 12.8. The van der Waals surface area contributed by atoms with Gasteiger partial charge in [-0.25, -0.2) is 0 Å². The van der Waals surface area contributed by atoms with E-state index in [0.29, 0.717) is 36.5 Å². The zero-order valence-corrected chi connectivity index (χ0v) is 20.1. The molecule has 0 aromatic rings. The molecule has 4 rings (SSSR count). The first kappa shape index (κ1) is 23.9. The van der Waals surface area contributed by atoms with E-state index < -0.39 is 12.2 Å². The number of hydrogen-bond acceptors (Lipinski definition) is 5. The zero-order chi connectivity index (χ0) is 23.3. The van der Waals surface area contributed by atoms with Crippen LogP contribution < -0.4 is 0 Å². The Kier molecular flexibility index (Phi) is 6.63. The minimum absolute atomic E-state index is 0.0155. The summed E-state index contributed by atoms with van der Waals surface area (Å²) in [6.07, 6.45) is 8.04. The minimum atomic E-state index is -0.893. The second-order valence-electron chi connectivity index (χ2n) is 11.8. The van der Waals surface area contributed by atoms with Gasteiger partial charge in [0, 0.05) is 12.3 Å². The first-order valence-electron chi connectivity index (χ1n) is 12.8. The summed E-state index contributed by atoms with van der Waals surface area (Å²) in [6, 6.07) is 0.